The van der Waals surface area contributed by atoms with Gasteiger partial charge in [-0.05, 0) is 18.8 Å². The van der Waals surface area contributed by atoms with Crippen molar-refractivity contribution in [2.45, 2.75) is 19.3 Å². The third-order valence-corrected chi connectivity index (χ3v) is 3.99. The molecule has 1 aliphatic carbocycles. The summed E-state index contributed by atoms with van der Waals surface area (Å²) >= 11 is 0. The molecule has 0 aromatic carbocycles. The molecule has 2 N–H and O–H groups in total. The van der Waals surface area contributed by atoms with Crippen molar-refractivity contribution in [3.05, 3.63) is 0 Å². The minimum Gasteiger partial charge on any atom is -0.384 e. The number of fused-ring (bicyclic) bond motifs is 1. The molecule has 2 fully saturated rings. The van der Waals surface area contributed by atoms with E-state index in [1.807, 2.05) is 7.11 Å². The van der Waals surface area contributed by atoms with Gasteiger partial charge in [0.05, 0.1) is 6.61 Å². The van der Waals surface area contributed by atoms with Crippen LogP contribution >= 0.6 is 0 Å². The van der Waals surface area contributed by atoms with Crippen molar-refractivity contribution in [1.82, 2.24) is 4.90 Å². The van der Waals surface area contributed by atoms with Crippen LogP contribution in [-0.2, 0) is 4.74 Å². The molecule has 0 aromatic rings. The van der Waals surface area contributed by atoms with Crippen LogP contribution in [-0.4, -0.2) is 44.8 Å². The fourth-order valence-electron chi connectivity index (χ4n) is 3.40. The predicted molar refractivity (Wildman–Crippen MR) is 57.1 cm³/mol. The van der Waals surface area contributed by atoms with Gasteiger partial charge in [0.15, 0.2) is 0 Å². The Kier molecular flexibility index (Phi) is 3.10. The zero-order chi connectivity index (χ0) is 10.0. The molecule has 1 saturated carbocycles. The monoisotopic (exact) mass is 198 g/mol. The van der Waals surface area contributed by atoms with Crippen LogP contribution in [0.3, 0.4) is 0 Å². The van der Waals surface area contributed by atoms with Crippen LogP contribution in [0.4, 0.5) is 0 Å². The van der Waals surface area contributed by atoms with Gasteiger partial charge in [-0.1, -0.05) is 6.42 Å². The van der Waals surface area contributed by atoms with Gasteiger partial charge >= 0.3 is 0 Å². The lowest BCUT2D eigenvalue weighted by Crippen LogP contribution is -2.33. The van der Waals surface area contributed by atoms with Gasteiger partial charge < -0.3 is 15.4 Å². The Bertz CT molecular complexity index is 198. The van der Waals surface area contributed by atoms with Gasteiger partial charge in [-0.15, -0.1) is 0 Å². The number of hydrogen-bond acceptors (Lipinski definition) is 3. The second-order valence-electron chi connectivity index (χ2n) is 4.91. The smallest absolute Gasteiger partial charge is 0.0534 e. The highest BCUT2D eigenvalue weighted by atomic mass is 16.5. The van der Waals surface area contributed by atoms with Gasteiger partial charge in [-0.25, -0.2) is 0 Å². The standard InChI is InChI=1S/C11H22N2O/c1-14-9-11-4-2-3-10(11)7-13(8-11)6-5-12/h10H,2-9,12H2,1H3/t10-,11-/m1/s1. The summed E-state index contributed by atoms with van der Waals surface area (Å²) in [4.78, 5) is 2.52. The van der Waals surface area contributed by atoms with Crippen molar-refractivity contribution < 1.29 is 4.74 Å². The second-order valence-corrected chi connectivity index (χ2v) is 4.91. The molecule has 3 nitrogen and oxygen atoms in total. The lowest BCUT2D eigenvalue weighted by atomic mass is 9.82. The molecule has 1 saturated heterocycles. The molecule has 1 heterocycles. The van der Waals surface area contributed by atoms with E-state index in [0.29, 0.717) is 5.41 Å². The maximum Gasteiger partial charge on any atom is 0.0534 e. The molecule has 82 valence electrons. The number of nitrogens with two attached hydrogens (primary N) is 1. The Morgan fingerprint density at radius 1 is 1.57 bits per heavy atom. The van der Waals surface area contributed by atoms with Gasteiger partial charge in [0, 0.05) is 38.7 Å². The number of ether oxygens (including phenoxy) is 1. The Hall–Kier alpha value is -0.120. The van der Waals surface area contributed by atoms with E-state index in [2.05, 4.69) is 4.90 Å². The highest BCUT2D eigenvalue weighted by molar-refractivity contribution is 5.00. The van der Waals surface area contributed by atoms with Gasteiger partial charge in [0.2, 0.25) is 0 Å². The van der Waals surface area contributed by atoms with E-state index in [-0.39, 0.29) is 0 Å². The first-order valence-corrected chi connectivity index (χ1v) is 5.72. The average molecular weight is 198 g/mol. The number of nitrogens with zero attached hydrogens (tertiary/aromatic N) is 1. The number of methoxy groups -OCH3 is 1. The molecule has 0 amide bonds. The Balaban J connectivity index is 1.99. The maximum atomic E-state index is 5.60. The molecular formula is C11H22N2O. The number of hydrogen-bond donors (Lipinski definition) is 1. The topological polar surface area (TPSA) is 38.5 Å². The highest BCUT2D eigenvalue weighted by Crippen LogP contribution is 2.48. The SMILES string of the molecule is COC[C@]12CCC[C@@H]1CN(CCN)C2. The van der Waals surface area contributed by atoms with Gasteiger partial charge in [0.1, 0.15) is 0 Å². The summed E-state index contributed by atoms with van der Waals surface area (Å²) in [6.45, 7) is 5.25. The largest absolute Gasteiger partial charge is 0.384 e. The normalized spacial score (nSPS) is 37.7. The van der Waals surface area contributed by atoms with E-state index in [1.54, 1.807) is 0 Å². The summed E-state index contributed by atoms with van der Waals surface area (Å²) in [6, 6.07) is 0. The zero-order valence-corrected chi connectivity index (χ0v) is 9.17. The summed E-state index contributed by atoms with van der Waals surface area (Å²) < 4.78 is 5.40. The van der Waals surface area contributed by atoms with Crippen molar-refractivity contribution >= 4 is 0 Å². The van der Waals surface area contributed by atoms with E-state index in [9.17, 15) is 0 Å². The molecule has 0 spiro atoms. The van der Waals surface area contributed by atoms with Crippen LogP contribution in [0.1, 0.15) is 19.3 Å². The van der Waals surface area contributed by atoms with Crippen LogP contribution in [0.25, 0.3) is 0 Å². The van der Waals surface area contributed by atoms with Crippen molar-refractivity contribution in [1.29, 1.82) is 0 Å². The summed E-state index contributed by atoms with van der Waals surface area (Å²) in [7, 11) is 1.83. The fourth-order valence-corrected chi connectivity index (χ4v) is 3.40. The van der Waals surface area contributed by atoms with Crippen LogP contribution in [0.15, 0.2) is 0 Å². The van der Waals surface area contributed by atoms with E-state index in [1.165, 1.54) is 32.4 Å². The molecule has 0 aromatic heterocycles. The summed E-state index contributed by atoms with van der Waals surface area (Å²) in [6.07, 6.45) is 4.14. The molecule has 2 atom stereocenters. The Morgan fingerprint density at radius 2 is 2.43 bits per heavy atom. The summed E-state index contributed by atoms with van der Waals surface area (Å²) in [5, 5.41) is 0. The van der Waals surface area contributed by atoms with Crippen LogP contribution in [0, 0.1) is 11.3 Å². The second kappa shape index (κ2) is 4.17. The van der Waals surface area contributed by atoms with Crippen molar-refractivity contribution in [2.24, 2.45) is 17.1 Å². The molecule has 0 bridgehead atoms. The Morgan fingerprint density at radius 3 is 3.14 bits per heavy atom. The third-order valence-electron chi connectivity index (χ3n) is 3.99. The molecule has 0 radical (unpaired) electrons. The van der Waals surface area contributed by atoms with Gasteiger partial charge in [0.25, 0.3) is 0 Å². The molecule has 1 aliphatic heterocycles. The molecule has 14 heavy (non-hydrogen) atoms. The molecule has 0 unspecified atom stereocenters. The highest BCUT2D eigenvalue weighted by Gasteiger charge is 2.48. The first kappa shape index (κ1) is 10.4. The fraction of sp³-hybridized carbons (Fsp3) is 1.00. The van der Waals surface area contributed by atoms with E-state index < -0.39 is 0 Å². The van der Waals surface area contributed by atoms with Crippen molar-refractivity contribution in [2.75, 3.05) is 39.9 Å². The van der Waals surface area contributed by atoms with Crippen molar-refractivity contribution in [3.63, 3.8) is 0 Å². The minimum atomic E-state index is 0.476. The first-order valence-electron chi connectivity index (χ1n) is 5.72. The van der Waals surface area contributed by atoms with Crippen LogP contribution < -0.4 is 5.73 Å². The number of likely N-dealkylation sites (tertiary alicyclic amines) is 1. The number of rotatable bonds is 4. The van der Waals surface area contributed by atoms with E-state index >= 15 is 0 Å². The lowest BCUT2D eigenvalue weighted by Gasteiger charge is -2.27. The average Bonchev–Trinajstić information content (AvgIpc) is 2.61. The van der Waals surface area contributed by atoms with Crippen molar-refractivity contribution in [3.8, 4) is 0 Å². The van der Waals surface area contributed by atoms with Crippen LogP contribution in [0.2, 0.25) is 0 Å². The lowest BCUT2D eigenvalue weighted by molar-refractivity contribution is 0.0706. The molecule has 2 aliphatic rings. The van der Waals surface area contributed by atoms with Gasteiger partial charge in [-0.2, -0.15) is 0 Å². The zero-order valence-electron chi connectivity index (χ0n) is 9.17. The van der Waals surface area contributed by atoms with Crippen LogP contribution in [0.5, 0.6) is 0 Å². The summed E-state index contributed by atoms with van der Waals surface area (Å²) in [5.74, 6) is 0.869. The first-order chi connectivity index (χ1) is 6.80. The molecule has 2 rings (SSSR count). The summed E-state index contributed by atoms with van der Waals surface area (Å²) in [5.41, 5.74) is 6.08. The predicted octanol–water partition coefficient (Wildman–Crippen LogP) is 0.694. The molecular weight excluding hydrogens is 176 g/mol. The maximum absolute atomic E-state index is 5.60. The quantitative estimate of drug-likeness (QED) is 0.722. The third kappa shape index (κ3) is 1.69. The Labute approximate surface area is 86.6 Å². The minimum absolute atomic E-state index is 0.476. The molecule has 3 heteroatoms. The van der Waals surface area contributed by atoms with Gasteiger partial charge in [-0.3, -0.25) is 0 Å². The van der Waals surface area contributed by atoms with E-state index in [0.717, 1.165) is 25.6 Å². The van der Waals surface area contributed by atoms with E-state index in [4.69, 9.17) is 10.5 Å².